The summed E-state index contributed by atoms with van der Waals surface area (Å²) in [4.78, 5) is 9.47. The summed E-state index contributed by atoms with van der Waals surface area (Å²) in [6.07, 6.45) is 0. The number of aryl methyl sites for hydroxylation is 1. The van der Waals surface area contributed by atoms with Crippen molar-refractivity contribution in [2.24, 2.45) is 0 Å². The second-order valence-electron chi connectivity index (χ2n) is 7.11. The van der Waals surface area contributed by atoms with Gasteiger partial charge in [0.15, 0.2) is 5.82 Å². The molecule has 2 heterocycles. The summed E-state index contributed by atoms with van der Waals surface area (Å²) in [5.74, 6) is 0.832. The molecule has 1 aliphatic heterocycles. The smallest absolute Gasteiger partial charge is 0.217 e. The van der Waals surface area contributed by atoms with Gasteiger partial charge < -0.3 is 0 Å². The van der Waals surface area contributed by atoms with Crippen LogP contribution in [0.15, 0.2) is 54.6 Å². The van der Waals surface area contributed by atoms with E-state index in [4.69, 9.17) is 12.2 Å². The van der Waals surface area contributed by atoms with E-state index in [2.05, 4.69) is 51.1 Å². The number of hydrogen-bond donors (Lipinski definition) is 1. The van der Waals surface area contributed by atoms with E-state index in [1.165, 1.54) is 11.1 Å². The number of piperazine rings is 1. The second-order valence-corrected chi connectivity index (χ2v) is 7.48. The van der Waals surface area contributed by atoms with E-state index in [-0.39, 0.29) is 0 Å². The molecule has 0 radical (unpaired) electrons. The van der Waals surface area contributed by atoms with Crippen LogP contribution in [0.3, 0.4) is 0 Å². The zero-order chi connectivity index (χ0) is 18.6. The van der Waals surface area contributed by atoms with Crippen molar-refractivity contribution in [3.05, 3.63) is 70.5 Å². The minimum atomic E-state index is 0.608. The van der Waals surface area contributed by atoms with Crippen LogP contribution < -0.4 is 0 Å². The molecule has 1 fully saturated rings. The minimum absolute atomic E-state index is 0.608. The molecule has 1 aliphatic rings. The maximum atomic E-state index is 5.45. The number of hydrogen-bond acceptors (Lipinski definition) is 4. The third-order valence-corrected chi connectivity index (χ3v) is 5.50. The van der Waals surface area contributed by atoms with Crippen molar-refractivity contribution in [3.63, 3.8) is 0 Å². The van der Waals surface area contributed by atoms with Crippen LogP contribution in [0, 0.1) is 11.7 Å². The highest BCUT2D eigenvalue weighted by Gasteiger charge is 2.18. The molecule has 27 heavy (non-hydrogen) atoms. The predicted octanol–water partition coefficient (Wildman–Crippen LogP) is 3.69. The van der Waals surface area contributed by atoms with Crippen LogP contribution in [0.25, 0.3) is 11.4 Å². The molecular formula is C21H25N5S. The first-order valence-electron chi connectivity index (χ1n) is 9.40. The van der Waals surface area contributed by atoms with Crippen molar-refractivity contribution in [3.8, 4) is 11.4 Å². The van der Waals surface area contributed by atoms with Crippen LogP contribution in [0.2, 0.25) is 0 Å². The number of benzene rings is 2. The van der Waals surface area contributed by atoms with E-state index in [0.717, 1.165) is 50.8 Å². The van der Waals surface area contributed by atoms with Crippen LogP contribution in [-0.4, -0.2) is 50.7 Å². The van der Waals surface area contributed by atoms with Crippen molar-refractivity contribution in [1.29, 1.82) is 0 Å². The molecule has 0 spiro atoms. The third-order valence-electron chi connectivity index (χ3n) is 5.19. The Morgan fingerprint density at radius 3 is 2.33 bits per heavy atom. The Labute approximate surface area is 165 Å². The van der Waals surface area contributed by atoms with Crippen LogP contribution in [-0.2, 0) is 13.2 Å². The highest BCUT2D eigenvalue weighted by atomic mass is 32.1. The Morgan fingerprint density at radius 1 is 0.926 bits per heavy atom. The molecule has 0 atom stereocenters. The van der Waals surface area contributed by atoms with Crippen molar-refractivity contribution in [1.82, 2.24) is 24.6 Å². The summed E-state index contributed by atoms with van der Waals surface area (Å²) >= 11 is 5.45. The Morgan fingerprint density at radius 2 is 1.59 bits per heavy atom. The number of nitrogens with one attached hydrogen (secondary N) is 1. The second kappa shape index (κ2) is 8.17. The molecule has 1 saturated heterocycles. The fraction of sp³-hybridized carbons (Fsp3) is 0.333. The minimum Gasteiger partial charge on any atom is -0.297 e. The van der Waals surface area contributed by atoms with Gasteiger partial charge in [0.1, 0.15) is 0 Å². The molecule has 1 N–H and O–H groups in total. The lowest BCUT2D eigenvalue weighted by molar-refractivity contribution is 0.0981. The lowest BCUT2D eigenvalue weighted by Crippen LogP contribution is -2.46. The average molecular weight is 380 g/mol. The van der Waals surface area contributed by atoms with Gasteiger partial charge in [-0.15, -0.1) is 0 Å². The van der Waals surface area contributed by atoms with Crippen LogP contribution in [0.1, 0.15) is 11.1 Å². The zero-order valence-corrected chi connectivity index (χ0v) is 16.5. The van der Waals surface area contributed by atoms with Gasteiger partial charge in [-0.1, -0.05) is 54.6 Å². The lowest BCUT2D eigenvalue weighted by Gasteiger charge is -2.34. The highest BCUT2D eigenvalue weighted by Crippen LogP contribution is 2.15. The predicted molar refractivity (Wildman–Crippen MR) is 111 cm³/mol. The maximum absolute atomic E-state index is 5.45. The average Bonchev–Trinajstić information content (AvgIpc) is 3.06. The van der Waals surface area contributed by atoms with E-state index in [0.29, 0.717) is 4.77 Å². The molecule has 0 bridgehead atoms. The Bertz CT molecular complexity index is 938. The molecule has 4 rings (SSSR count). The Kier molecular flexibility index (Phi) is 5.48. The summed E-state index contributed by atoms with van der Waals surface area (Å²) in [6, 6.07) is 18.8. The van der Waals surface area contributed by atoms with Gasteiger partial charge in [0.2, 0.25) is 4.77 Å². The number of aromatic amines is 1. The summed E-state index contributed by atoms with van der Waals surface area (Å²) < 4.78 is 2.57. The van der Waals surface area contributed by atoms with Crippen LogP contribution >= 0.6 is 12.2 Å². The molecule has 6 heteroatoms. The largest absolute Gasteiger partial charge is 0.297 e. The zero-order valence-electron chi connectivity index (χ0n) is 15.6. The van der Waals surface area contributed by atoms with Gasteiger partial charge in [0.05, 0.1) is 6.67 Å². The number of nitrogens with zero attached hydrogens (tertiary/aromatic N) is 4. The van der Waals surface area contributed by atoms with E-state index in [1.807, 2.05) is 35.0 Å². The molecule has 0 unspecified atom stereocenters. The molecule has 0 saturated carbocycles. The van der Waals surface area contributed by atoms with Gasteiger partial charge in [-0.05, 0) is 30.3 Å². The third kappa shape index (κ3) is 4.35. The van der Waals surface area contributed by atoms with Crippen molar-refractivity contribution < 1.29 is 0 Å². The van der Waals surface area contributed by atoms with Crippen molar-refractivity contribution in [2.45, 2.75) is 20.1 Å². The van der Waals surface area contributed by atoms with E-state index in [1.54, 1.807) is 0 Å². The van der Waals surface area contributed by atoms with E-state index < -0.39 is 0 Å². The first-order chi connectivity index (χ1) is 13.2. The normalized spacial score (nSPS) is 15.9. The molecule has 5 nitrogen and oxygen atoms in total. The Balaban J connectivity index is 1.35. The summed E-state index contributed by atoms with van der Waals surface area (Å²) in [5.41, 5.74) is 3.86. The number of aromatic nitrogens is 3. The Hall–Kier alpha value is -2.28. The first kappa shape index (κ1) is 18.1. The molecule has 0 aliphatic carbocycles. The molecular weight excluding hydrogens is 354 g/mol. The lowest BCUT2D eigenvalue weighted by atomic mass is 10.1. The first-order valence-corrected chi connectivity index (χ1v) is 9.81. The van der Waals surface area contributed by atoms with Gasteiger partial charge in [-0.3, -0.25) is 14.9 Å². The van der Waals surface area contributed by atoms with Crippen LogP contribution in [0.4, 0.5) is 0 Å². The van der Waals surface area contributed by atoms with Gasteiger partial charge in [-0.2, -0.15) is 4.98 Å². The van der Waals surface area contributed by atoms with E-state index >= 15 is 0 Å². The molecule has 1 aromatic heterocycles. The molecule has 140 valence electrons. The van der Waals surface area contributed by atoms with Gasteiger partial charge >= 0.3 is 0 Å². The highest BCUT2D eigenvalue weighted by molar-refractivity contribution is 7.71. The quantitative estimate of drug-likeness (QED) is 0.687. The van der Waals surface area contributed by atoms with Gasteiger partial charge in [-0.25, -0.2) is 4.68 Å². The summed E-state index contributed by atoms with van der Waals surface area (Å²) in [7, 11) is 0. The van der Waals surface area contributed by atoms with Crippen molar-refractivity contribution >= 4 is 12.2 Å². The molecule has 0 amide bonds. The van der Waals surface area contributed by atoms with Crippen LogP contribution in [0.5, 0.6) is 0 Å². The van der Waals surface area contributed by atoms with Gasteiger partial charge in [0, 0.05) is 38.3 Å². The molecule has 2 aromatic carbocycles. The summed E-state index contributed by atoms with van der Waals surface area (Å²) in [6.45, 7) is 8.19. The maximum Gasteiger partial charge on any atom is 0.217 e. The van der Waals surface area contributed by atoms with Crippen molar-refractivity contribution in [2.75, 3.05) is 26.2 Å². The fourth-order valence-corrected chi connectivity index (χ4v) is 3.69. The SMILES string of the molecule is Cc1ccccc1CN1CCN(Cn2[nH]c(-c3ccccc3)nc2=S)CC1. The topological polar surface area (TPSA) is 40.1 Å². The van der Waals surface area contributed by atoms with Gasteiger partial charge in [0.25, 0.3) is 0 Å². The number of rotatable bonds is 5. The molecule has 3 aromatic rings. The van der Waals surface area contributed by atoms with E-state index in [9.17, 15) is 0 Å². The monoisotopic (exact) mass is 379 g/mol. The number of H-pyrrole nitrogens is 1. The fourth-order valence-electron chi connectivity index (χ4n) is 3.49. The summed E-state index contributed by atoms with van der Waals surface area (Å²) in [5, 5.41) is 3.35. The standard InChI is InChI=1S/C21H25N5S/c1-17-7-5-6-10-19(17)15-24-11-13-25(14-12-24)16-26-21(27)22-20(23-26)18-8-3-2-4-9-18/h2-10H,11-16H2,1H3,(H,22,23,27).